The Morgan fingerprint density at radius 1 is 1.40 bits per heavy atom. The highest BCUT2D eigenvalue weighted by Gasteiger charge is 2.49. The third kappa shape index (κ3) is 2.03. The minimum atomic E-state index is -4.69. The molecule has 0 heterocycles. The summed E-state index contributed by atoms with van der Waals surface area (Å²) in [5, 5.41) is 8.19. The van der Waals surface area contributed by atoms with Gasteiger partial charge in [0.15, 0.2) is 0 Å². The average molecular weight is 298 g/mol. The van der Waals surface area contributed by atoms with Crippen molar-refractivity contribution in [2.75, 3.05) is 0 Å². The Balaban J connectivity index is 4.75. The quantitative estimate of drug-likeness (QED) is 0.515. The standard InChI is InChI=1S/C2H3Br2O5P/c3-2(4,1(5)6)10(7,8)9/h(H,5,6)(H2,7,8,9). The molecule has 0 bridgehead atoms. The highest BCUT2D eigenvalue weighted by atomic mass is 79.9. The van der Waals surface area contributed by atoms with E-state index in [0.717, 1.165) is 0 Å². The second-order valence-electron chi connectivity index (χ2n) is 1.39. The van der Waals surface area contributed by atoms with E-state index in [1.54, 1.807) is 0 Å². The van der Waals surface area contributed by atoms with Gasteiger partial charge in [-0.3, -0.25) is 4.57 Å². The topological polar surface area (TPSA) is 94.8 Å². The fourth-order valence-electron chi connectivity index (χ4n) is 0.125. The Hall–Kier alpha value is 0.580. The van der Waals surface area contributed by atoms with Crippen LogP contribution in [0.5, 0.6) is 0 Å². The summed E-state index contributed by atoms with van der Waals surface area (Å²) in [5.74, 6) is -1.67. The summed E-state index contributed by atoms with van der Waals surface area (Å²) in [7, 11) is -4.69. The summed E-state index contributed by atoms with van der Waals surface area (Å²) < 4.78 is 7.96. The van der Waals surface area contributed by atoms with E-state index in [-0.39, 0.29) is 0 Å². The minimum absolute atomic E-state index is 1.67. The van der Waals surface area contributed by atoms with Crippen LogP contribution in [0.25, 0.3) is 0 Å². The lowest BCUT2D eigenvalue weighted by Crippen LogP contribution is -2.23. The van der Waals surface area contributed by atoms with E-state index in [4.69, 9.17) is 14.9 Å². The van der Waals surface area contributed by atoms with Gasteiger partial charge < -0.3 is 14.9 Å². The van der Waals surface area contributed by atoms with Crippen LogP contribution < -0.4 is 0 Å². The molecule has 0 saturated heterocycles. The van der Waals surface area contributed by atoms with Crippen LogP contribution >= 0.6 is 39.5 Å². The fourth-order valence-corrected chi connectivity index (χ4v) is 0.374. The number of carboxylic acids is 1. The van der Waals surface area contributed by atoms with E-state index < -0.39 is 16.5 Å². The Labute approximate surface area is 72.8 Å². The molecule has 5 nitrogen and oxygen atoms in total. The Bertz CT molecular complexity index is 194. The lowest BCUT2D eigenvalue weighted by molar-refractivity contribution is -0.135. The van der Waals surface area contributed by atoms with E-state index in [0.29, 0.717) is 0 Å². The largest absolute Gasteiger partial charge is 0.479 e. The van der Waals surface area contributed by atoms with Gasteiger partial charge in [-0.15, -0.1) is 0 Å². The van der Waals surface area contributed by atoms with Crippen molar-refractivity contribution in [3.63, 3.8) is 0 Å². The first-order valence-electron chi connectivity index (χ1n) is 1.86. The maximum Gasteiger partial charge on any atom is 0.364 e. The van der Waals surface area contributed by atoms with Gasteiger partial charge in [0.05, 0.1) is 0 Å². The molecule has 0 radical (unpaired) electrons. The normalized spacial score (nSPS) is 13.2. The lowest BCUT2D eigenvalue weighted by atomic mass is 10.8. The van der Waals surface area contributed by atoms with Crippen LogP contribution in [-0.4, -0.2) is 23.8 Å². The second-order valence-corrected chi connectivity index (χ2v) is 7.82. The van der Waals surface area contributed by atoms with Crippen molar-refractivity contribution in [2.24, 2.45) is 0 Å². The Kier molecular flexibility index (Phi) is 3.07. The van der Waals surface area contributed by atoms with Crippen LogP contribution in [0.15, 0.2) is 0 Å². The molecule has 0 aliphatic heterocycles. The summed E-state index contributed by atoms with van der Waals surface area (Å²) in [6.07, 6.45) is 0. The summed E-state index contributed by atoms with van der Waals surface area (Å²) in [5.41, 5.74) is 0. The molecule has 0 aliphatic carbocycles. The van der Waals surface area contributed by atoms with Crippen molar-refractivity contribution in [3.8, 4) is 0 Å². The van der Waals surface area contributed by atoms with Gasteiger partial charge in [-0.05, 0) is 31.9 Å². The number of hydrogen-bond donors (Lipinski definition) is 3. The van der Waals surface area contributed by atoms with Gasteiger partial charge in [-0.1, -0.05) is 0 Å². The Morgan fingerprint density at radius 2 is 1.70 bits per heavy atom. The van der Waals surface area contributed by atoms with Crippen molar-refractivity contribution in [1.29, 1.82) is 0 Å². The van der Waals surface area contributed by atoms with Gasteiger partial charge in [-0.25, -0.2) is 4.79 Å². The summed E-state index contributed by atoms with van der Waals surface area (Å²) >= 11 is 4.64. The van der Waals surface area contributed by atoms with E-state index in [1.807, 2.05) is 0 Å². The summed E-state index contributed by atoms with van der Waals surface area (Å²) in [6.45, 7) is 0. The lowest BCUT2D eigenvalue weighted by Gasteiger charge is -2.15. The predicted octanol–water partition coefficient (Wildman–Crippen LogP) is 0.692. The number of carboxylic acid groups (broad SMARTS) is 1. The molecule has 0 saturated carbocycles. The molecule has 0 rings (SSSR count). The molecule has 0 aliphatic rings. The van der Waals surface area contributed by atoms with Crippen LogP contribution in [0.1, 0.15) is 0 Å². The highest BCUT2D eigenvalue weighted by molar-refractivity contribution is 9.27. The van der Waals surface area contributed by atoms with E-state index in [9.17, 15) is 9.36 Å². The number of carbonyl (C=O) groups is 1. The van der Waals surface area contributed by atoms with Crippen LogP contribution in [-0.2, 0) is 9.36 Å². The number of hydrogen-bond acceptors (Lipinski definition) is 2. The third-order valence-corrected chi connectivity index (χ3v) is 5.00. The number of halogens is 2. The van der Waals surface area contributed by atoms with Crippen LogP contribution in [0.3, 0.4) is 0 Å². The van der Waals surface area contributed by atoms with Crippen molar-refractivity contribution in [1.82, 2.24) is 0 Å². The zero-order valence-electron chi connectivity index (χ0n) is 4.36. The van der Waals surface area contributed by atoms with Crippen LogP contribution in [0, 0.1) is 0 Å². The number of rotatable bonds is 2. The molecule has 60 valence electrons. The first-order valence-corrected chi connectivity index (χ1v) is 5.06. The molecular formula is C2H3Br2O5P. The molecule has 0 aromatic rings. The minimum Gasteiger partial charge on any atom is -0.479 e. The molecule has 8 heteroatoms. The molecule has 0 unspecified atom stereocenters. The molecule has 3 N–H and O–H groups in total. The SMILES string of the molecule is O=C(O)C(Br)(Br)P(=O)(O)O. The van der Waals surface area contributed by atoms with E-state index in [1.165, 1.54) is 0 Å². The monoisotopic (exact) mass is 296 g/mol. The molecule has 0 aromatic heterocycles. The number of aliphatic carboxylic acids is 1. The van der Waals surface area contributed by atoms with Gasteiger partial charge in [0.2, 0.25) is 0 Å². The first-order chi connectivity index (χ1) is 4.19. The van der Waals surface area contributed by atoms with Crippen molar-refractivity contribution >= 4 is 45.4 Å². The fraction of sp³-hybridized carbons (Fsp3) is 0.500. The zero-order chi connectivity index (χ0) is 8.58. The second kappa shape index (κ2) is 2.91. The van der Waals surface area contributed by atoms with E-state index in [2.05, 4.69) is 31.9 Å². The van der Waals surface area contributed by atoms with E-state index >= 15 is 0 Å². The molecule has 0 amide bonds. The van der Waals surface area contributed by atoms with Gasteiger partial charge in [0.25, 0.3) is 2.97 Å². The Morgan fingerprint density at radius 3 is 1.70 bits per heavy atom. The smallest absolute Gasteiger partial charge is 0.364 e. The van der Waals surface area contributed by atoms with Gasteiger partial charge in [-0.2, -0.15) is 0 Å². The predicted molar refractivity (Wildman–Crippen MR) is 40.3 cm³/mol. The maximum absolute atomic E-state index is 10.3. The van der Waals surface area contributed by atoms with Gasteiger partial charge in [0, 0.05) is 0 Å². The highest BCUT2D eigenvalue weighted by Crippen LogP contribution is 2.58. The zero-order valence-corrected chi connectivity index (χ0v) is 8.43. The summed E-state index contributed by atoms with van der Waals surface area (Å²) in [6, 6.07) is 0. The van der Waals surface area contributed by atoms with Gasteiger partial charge >= 0.3 is 13.6 Å². The molecule has 10 heavy (non-hydrogen) atoms. The van der Waals surface area contributed by atoms with Crippen molar-refractivity contribution in [3.05, 3.63) is 0 Å². The molecule has 0 spiro atoms. The van der Waals surface area contributed by atoms with Crippen LogP contribution in [0.4, 0.5) is 0 Å². The molecule has 0 atom stereocenters. The average Bonchev–Trinajstić information content (AvgIpc) is 1.62. The van der Waals surface area contributed by atoms with Crippen molar-refractivity contribution < 1.29 is 24.3 Å². The van der Waals surface area contributed by atoms with Gasteiger partial charge in [0.1, 0.15) is 0 Å². The first kappa shape index (κ1) is 10.6. The number of alkyl halides is 2. The maximum atomic E-state index is 10.3. The molecular weight excluding hydrogens is 295 g/mol. The van der Waals surface area contributed by atoms with Crippen molar-refractivity contribution in [2.45, 2.75) is 2.97 Å². The third-order valence-electron chi connectivity index (χ3n) is 0.623. The molecule has 0 aromatic carbocycles. The van der Waals surface area contributed by atoms with Crippen LogP contribution in [0.2, 0.25) is 0 Å². The summed E-state index contributed by atoms with van der Waals surface area (Å²) in [4.78, 5) is 26.8. The molecule has 0 fully saturated rings.